The number of hydrogen-bond donors (Lipinski definition) is 1. The third kappa shape index (κ3) is 1.51. The van der Waals surface area contributed by atoms with Gasteiger partial charge in [-0.25, -0.2) is 0 Å². The largest absolute Gasteiger partial charge is 0.385 e. The van der Waals surface area contributed by atoms with Crippen molar-refractivity contribution in [1.29, 1.82) is 0 Å². The average Bonchev–Trinajstić information content (AvgIpc) is 2.49. The lowest BCUT2D eigenvalue weighted by Gasteiger charge is -2.29. The van der Waals surface area contributed by atoms with Crippen molar-refractivity contribution < 1.29 is 5.11 Å². The van der Waals surface area contributed by atoms with Crippen molar-refractivity contribution in [1.82, 2.24) is 0 Å². The Morgan fingerprint density at radius 2 is 2.14 bits per heavy atom. The molecule has 0 aromatic heterocycles. The van der Waals surface area contributed by atoms with E-state index in [0.29, 0.717) is 5.92 Å². The molecule has 1 aromatic carbocycles. The van der Waals surface area contributed by atoms with Crippen LogP contribution in [0.5, 0.6) is 0 Å². The van der Waals surface area contributed by atoms with Gasteiger partial charge in [-0.05, 0) is 36.8 Å². The highest BCUT2D eigenvalue weighted by Crippen LogP contribution is 2.45. The summed E-state index contributed by atoms with van der Waals surface area (Å²) in [5.74, 6) is 0.362. The van der Waals surface area contributed by atoms with E-state index in [0.717, 1.165) is 29.3 Å². The molecule has 1 nitrogen and oxygen atoms in total. The minimum absolute atomic E-state index is 0.362. The summed E-state index contributed by atoms with van der Waals surface area (Å²) in [4.78, 5) is 0. The second-order valence-corrected chi connectivity index (χ2v) is 5.05. The summed E-state index contributed by atoms with van der Waals surface area (Å²) >= 11 is 3.51. The van der Waals surface area contributed by atoms with Crippen molar-refractivity contribution in [3.8, 4) is 0 Å². The highest BCUT2D eigenvalue weighted by atomic mass is 79.9. The van der Waals surface area contributed by atoms with Gasteiger partial charge in [0, 0.05) is 4.47 Å². The van der Waals surface area contributed by atoms with E-state index in [4.69, 9.17) is 0 Å². The molecular formula is C12H15BrO. The van der Waals surface area contributed by atoms with E-state index in [2.05, 4.69) is 22.9 Å². The van der Waals surface area contributed by atoms with E-state index in [-0.39, 0.29) is 0 Å². The first kappa shape index (κ1) is 10.2. The molecule has 2 rings (SSSR count). The molecule has 0 aliphatic heterocycles. The van der Waals surface area contributed by atoms with Crippen LogP contribution in [0.15, 0.2) is 28.7 Å². The molecule has 1 N–H and O–H groups in total. The Hall–Kier alpha value is -0.340. The first-order valence-corrected chi connectivity index (χ1v) is 5.91. The first-order valence-electron chi connectivity index (χ1n) is 5.12. The maximum Gasteiger partial charge on any atom is 0.0932 e. The topological polar surface area (TPSA) is 20.2 Å². The first-order chi connectivity index (χ1) is 6.64. The third-order valence-electron chi connectivity index (χ3n) is 3.35. The molecule has 1 aliphatic carbocycles. The normalized spacial score (nSPS) is 32.1. The van der Waals surface area contributed by atoms with Crippen LogP contribution in [0.3, 0.4) is 0 Å². The molecule has 0 bridgehead atoms. The zero-order valence-corrected chi connectivity index (χ0v) is 9.92. The maximum absolute atomic E-state index is 10.6. The van der Waals surface area contributed by atoms with Crippen molar-refractivity contribution in [2.24, 2.45) is 5.92 Å². The average molecular weight is 255 g/mol. The highest BCUT2D eigenvalue weighted by Gasteiger charge is 2.40. The summed E-state index contributed by atoms with van der Waals surface area (Å²) in [7, 11) is 0. The summed E-state index contributed by atoms with van der Waals surface area (Å²) in [6.07, 6.45) is 3.13. The van der Waals surface area contributed by atoms with Gasteiger partial charge in [-0.15, -0.1) is 0 Å². The van der Waals surface area contributed by atoms with Crippen molar-refractivity contribution in [2.75, 3.05) is 0 Å². The third-order valence-corrected chi connectivity index (χ3v) is 4.04. The van der Waals surface area contributed by atoms with Gasteiger partial charge in [-0.2, -0.15) is 0 Å². The Morgan fingerprint density at radius 3 is 2.71 bits per heavy atom. The fourth-order valence-electron chi connectivity index (χ4n) is 2.38. The van der Waals surface area contributed by atoms with Gasteiger partial charge in [-0.3, -0.25) is 0 Å². The van der Waals surface area contributed by atoms with Crippen molar-refractivity contribution in [3.63, 3.8) is 0 Å². The zero-order chi connectivity index (χ0) is 10.2. The molecule has 0 saturated heterocycles. The maximum atomic E-state index is 10.6. The Kier molecular flexibility index (Phi) is 2.67. The molecule has 0 amide bonds. The second-order valence-electron chi connectivity index (χ2n) is 4.20. The molecular weight excluding hydrogens is 240 g/mol. The van der Waals surface area contributed by atoms with E-state index in [1.165, 1.54) is 0 Å². The smallest absolute Gasteiger partial charge is 0.0932 e. The van der Waals surface area contributed by atoms with Gasteiger partial charge in [0.2, 0.25) is 0 Å². The molecule has 1 aliphatic rings. The van der Waals surface area contributed by atoms with Crippen LogP contribution in [0.1, 0.15) is 31.7 Å². The number of aliphatic hydroxyl groups is 1. The lowest BCUT2D eigenvalue weighted by molar-refractivity contribution is 0.00380. The minimum Gasteiger partial charge on any atom is -0.385 e. The Morgan fingerprint density at radius 1 is 1.43 bits per heavy atom. The van der Waals surface area contributed by atoms with Crippen molar-refractivity contribution in [3.05, 3.63) is 34.3 Å². The van der Waals surface area contributed by atoms with Gasteiger partial charge in [-0.1, -0.05) is 41.1 Å². The summed E-state index contributed by atoms with van der Waals surface area (Å²) in [5, 5.41) is 10.6. The van der Waals surface area contributed by atoms with Crippen LogP contribution < -0.4 is 0 Å². The molecule has 0 radical (unpaired) electrons. The van der Waals surface area contributed by atoms with Gasteiger partial charge in [0.05, 0.1) is 5.60 Å². The summed E-state index contributed by atoms with van der Waals surface area (Å²) < 4.78 is 1.02. The lowest BCUT2D eigenvalue weighted by atomic mass is 9.85. The molecule has 0 heterocycles. The van der Waals surface area contributed by atoms with E-state index in [1.54, 1.807) is 0 Å². The molecule has 0 unspecified atom stereocenters. The standard InChI is InChI=1S/C12H15BrO/c1-9-5-4-8-12(9,14)10-6-2-3-7-11(10)13/h2-3,6-7,9,14H,4-5,8H2,1H3/t9-,12+/m0/s1. The van der Waals surface area contributed by atoms with Crippen LogP contribution in [0.4, 0.5) is 0 Å². The van der Waals surface area contributed by atoms with Crippen LogP contribution >= 0.6 is 15.9 Å². The molecule has 2 heteroatoms. The summed E-state index contributed by atoms with van der Waals surface area (Å²) in [5.41, 5.74) is 0.435. The molecule has 76 valence electrons. The summed E-state index contributed by atoms with van der Waals surface area (Å²) in [6.45, 7) is 2.13. The van der Waals surface area contributed by atoms with E-state index in [1.807, 2.05) is 24.3 Å². The van der Waals surface area contributed by atoms with Gasteiger partial charge >= 0.3 is 0 Å². The van der Waals surface area contributed by atoms with Crippen LogP contribution in [-0.4, -0.2) is 5.11 Å². The number of halogens is 1. The second kappa shape index (κ2) is 3.67. The van der Waals surface area contributed by atoms with Crippen LogP contribution in [0, 0.1) is 5.92 Å². The van der Waals surface area contributed by atoms with Gasteiger partial charge in [0.25, 0.3) is 0 Å². The minimum atomic E-state index is -0.611. The Labute approximate surface area is 93.3 Å². The van der Waals surface area contributed by atoms with Crippen molar-refractivity contribution in [2.45, 2.75) is 31.8 Å². The molecule has 1 aromatic rings. The molecule has 14 heavy (non-hydrogen) atoms. The predicted molar refractivity (Wildman–Crippen MR) is 61.1 cm³/mol. The highest BCUT2D eigenvalue weighted by molar-refractivity contribution is 9.10. The molecule has 1 fully saturated rings. The Bertz CT molecular complexity index is 337. The Balaban J connectivity index is 2.43. The van der Waals surface area contributed by atoms with Crippen LogP contribution in [0.2, 0.25) is 0 Å². The van der Waals surface area contributed by atoms with E-state index >= 15 is 0 Å². The molecule has 0 spiro atoms. The van der Waals surface area contributed by atoms with Gasteiger partial charge < -0.3 is 5.11 Å². The van der Waals surface area contributed by atoms with E-state index in [9.17, 15) is 5.11 Å². The molecule has 1 saturated carbocycles. The van der Waals surface area contributed by atoms with Gasteiger partial charge in [0.15, 0.2) is 0 Å². The fraction of sp³-hybridized carbons (Fsp3) is 0.500. The van der Waals surface area contributed by atoms with E-state index < -0.39 is 5.60 Å². The quantitative estimate of drug-likeness (QED) is 0.814. The van der Waals surface area contributed by atoms with Crippen LogP contribution in [0.25, 0.3) is 0 Å². The zero-order valence-electron chi connectivity index (χ0n) is 8.33. The number of rotatable bonds is 1. The lowest BCUT2D eigenvalue weighted by Crippen LogP contribution is -2.28. The van der Waals surface area contributed by atoms with Crippen LogP contribution in [-0.2, 0) is 5.60 Å². The van der Waals surface area contributed by atoms with Crippen molar-refractivity contribution >= 4 is 15.9 Å². The van der Waals surface area contributed by atoms with Gasteiger partial charge in [0.1, 0.15) is 0 Å². The molecule has 2 atom stereocenters. The fourth-order valence-corrected chi connectivity index (χ4v) is 3.00. The monoisotopic (exact) mass is 254 g/mol. The number of hydrogen-bond acceptors (Lipinski definition) is 1. The summed E-state index contributed by atoms with van der Waals surface area (Å²) in [6, 6.07) is 7.99. The SMILES string of the molecule is C[C@H]1CCC[C@]1(O)c1ccccc1Br. The number of benzene rings is 1. The predicted octanol–water partition coefficient (Wildman–Crippen LogP) is 3.46.